The standard InChI is InChI=1S/C86H116O58/c1-30(87)110-23-52-60(66(118-38(9)95)73(80(109)132-52)125-45(16)102)139-82-75(127-47(18)104)68(120-40(11)97)62(54(134-82)25-112-32(3)89)141-84-77(129-49(20)106)70(122-42(13)99)64(56(136-84)27-114-34(5)91)143-86-79(131-51(22)108)72(124-44(15)101)65(58(138-86)29-116-36(7)93)144-85-78(130-50(21)107)71(123-43(14)100)63(57(137-85)28-115-35(6)92)142-83-76(128-48(19)105)69(121-41(12)98)61(55(135-83)26-113-33(4)90)140-81-74(126-46(17)103)67(119-39(10)96)59(117-37(8)94)53(133-81)24-111-31(2)88/h52-86,109H,23-29H2,1-22H3/t52-,53-,54-,55-,56-,57-,58-,59-,60-,61-,62-,63-,64-,65-,66+,67+,68+,69+,70-,71+,72+,73-,74-,75-,76-,77-,78-,79-,80-,81-,82-,83-,84-,85-,86-/m1/s1. The van der Waals surface area contributed by atoms with E-state index in [9.17, 15) is 111 Å². The van der Waals surface area contributed by atoms with Crippen LogP contribution in [0.15, 0.2) is 0 Å². The molecule has 7 rings (SSSR count). The summed E-state index contributed by atoms with van der Waals surface area (Å²) in [7, 11) is 0. The number of esters is 22. The maximum absolute atomic E-state index is 14.0. The number of aliphatic hydroxyl groups is 1. The molecule has 0 aliphatic carbocycles. The van der Waals surface area contributed by atoms with Gasteiger partial charge in [-0.2, -0.15) is 0 Å². The van der Waals surface area contributed by atoms with Gasteiger partial charge in [0.05, 0.1) is 0 Å². The second-order valence-electron chi connectivity index (χ2n) is 32.7. The number of hydrogen-bond donors (Lipinski definition) is 1. The molecule has 7 aliphatic heterocycles. The van der Waals surface area contributed by atoms with Crippen LogP contribution in [0.1, 0.15) is 152 Å². The molecule has 58 heteroatoms. The number of carbonyl (C=O) groups excluding carboxylic acids is 22. The van der Waals surface area contributed by atoms with Gasteiger partial charge in [-0.1, -0.05) is 0 Å². The number of carbonyl (C=O) groups is 22. The van der Waals surface area contributed by atoms with E-state index < -0.39 is 393 Å². The Balaban J connectivity index is 1.39. The number of aliphatic hydroxyl groups excluding tert-OH is 1. The average Bonchev–Trinajstić information content (AvgIpc) is 0.753. The van der Waals surface area contributed by atoms with E-state index in [-0.39, 0.29) is 0 Å². The van der Waals surface area contributed by atoms with E-state index in [1.807, 2.05) is 0 Å². The molecule has 7 fully saturated rings. The number of ether oxygens (including phenoxy) is 35. The van der Waals surface area contributed by atoms with Crippen LogP contribution in [0, 0.1) is 0 Å². The van der Waals surface area contributed by atoms with Crippen LogP contribution in [0.5, 0.6) is 0 Å². The number of hydrogen-bond acceptors (Lipinski definition) is 58. The topological polar surface area (TPSA) is 719 Å². The third-order valence-electron chi connectivity index (χ3n) is 20.6. The number of rotatable bonds is 41. The van der Waals surface area contributed by atoms with Crippen molar-refractivity contribution in [3.63, 3.8) is 0 Å². The van der Waals surface area contributed by atoms with Crippen LogP contribution in [0.3, 0.4) is 0 Å². The molecule has 0 radical (unpaired) electrons. The summed E-state index contributed by atoms with van der Waals surface area (Å²) in [6.45, 7) is 11.6. The van der Waals surface area contributed by atoms with Gasteiger partial charge in [0.1, 0.15) is 126 Å². The molecule has 58 nitrogen and oxygen atoms in total. The minimum Gasteiger partial charge on any atom is -0.463 e. The molecule has 1 N–H and O–H groups in total. The quantitative estimate of drug-likeness (QED) is 0.0454. The van der Waals surface area contributed by atoms with Crippen molar-refractivity contribution in [3.05, 3.63) is 0 Å². The first-order chi connectivity index (χ1) is 67.4. The summed E-state index contributed by atoms with van der Waals surface area (Å²) in [4.78, 5) is 292. The Labute approximate surface area is 818 Å². The average molecular weight is 2080 g/mol. The molecule has 808 valence electrons. The fourth-order valence-corrected chi connectivity index (χ4v) is 15.9. The van der Waals surface area contributed by atoms with E-state index >= 15 is 0 Å². The van der Waals surface area contributed by atoms with E-state index in [0.717, 1.165) is 152 Å². The maximum Gasteiger partial charge on any atom is 0.303 e. The van der Waals surface area contributed by atoms with Gasteiger partial charge in [0.2, 0.25) is 0 Å². The summed E-state index contributed by atoms with van der Waals surface area (Å²) in [5.74, 6) is -25.9. The lowest BCUT2D eigenvalue weighted by atomic mass is 9.94. The molecule has 0 unspecified atom stereocenters. The van der Waals surface area contributed by atoms with Crippen molar-refractivity contribution in [3.8, 4) is 0 Å². The van der Waals surface area contributed by atoms with Gasteiger partial charge in [0.25, 0.3) is 0 Å². The van der Waals surface area contributed by atoms with Crippen LogP contribution in [-0.4, -0.2) is 398 Å². The monoisotopic (exact) mass is 2080 g/mol. The highest BCUT2D eigenvalue weighted by Gasteiger charge is 2.66. The molecular formula is C86H116O58. The molecule has 0 aromatic heterocycles. The molecular weight excluding hydrogens is 1960 g/mol. The summed E-state index contributed by atoms with van der Waals surface area (Å²) in [6, 6.07) is 0. The third kappa shape index (κ3) is 35.3. The van der Waals surface area contributed by atoms with Crippen molar-refractivity contribution in [2.45, 2.75) is 367 Å². The highest BCUT2D eigenvalue weighted by molar-refractivity contribution is 5.74. The highest BCUT2D eigenvalue weighted by Crippen LogP contribution is 2.44. The van der Waals surface area contributed by atoms with Gasteiger partial charge in [0.15, 0.2) is 136 Å². The molecule has 7 aliphatic rings. The van der Waals surface area contributed by atoms with Gasteiger partial charge in [-0.3, -0.25) is 105 Å². The largest absolute Gasteiger partial charge is 0.463 e. The molecule has 0 bridgehead atoms. The van der Waals surface area contributed by atoms with Gasteiger partial charge in [-0.25, -0.2) is 0 Å². The van der Waals surface area contributed by atoms with Gasteiger partial charge < -0.3 is 171 Å². The fraction of sp³-hybridized carbons (Fsp3) is 0.744. The van der Waals surface area contributed by atoms with Crippen LogP contribution in [0.2, 0.25) is 0 Å². The Hall–Kier alpha value is -12.2. The van der Waals surface area contributed by atoms with E-state index in [4.69, 9.17) is 166 Å². The Morgan fingerprint density at radius 3 is 0.403 bits per heavy atom. The Morgan fingerprint density at radius 1 is 0.146 bits per heavy atom. The van der Waals surface area contributed by atoms with Crippen LogP contribution in [-0.2, 0) is 271 Å². The van der Waals surface area contributed by atoms with E-state index in [1.54, 1.807) is 0 Å². The van der Waals surface area contributed by atoms with Crippen LogP contribution in [0.4, 0.5) is 0 Å². The smallest absolute Gasteiger partial charge is 0.303 e. The zero-order chi connectivity index (χ0) is 108. The Kier molecular flexibility index (Phi) is 45.1. The lowest BCUT2D eigenvalue weighted by molar-refractivity contribution is -0.398. The summed E-state index contributed by atoms with van der Waals surface area (Å²) in [5.41, 5.74) is 0. The summed E-state index contributed by atoms with van der Waals surface area (Å²) < 4.78 is 208. The molecule has 0 aromatic carbocycles. The third-order valence-corrected chi connectivity index (χ3v) is 20.6. The van der Waals surface area contributed by atoms with Crippen LogP contribution in [0.25, 0.3) is 0 Å². The summed E-state index contributed by atoms with van der Waals surface area (Å²) in [6.07, 6.45) is -76.9. The normalized spacial score (nSPS) is 33.3. The lowest BCUT2D eigenvalue weighted by Gasteiger charge is -2.52. The SMILES string of the molecule is CC(=O)OC[C@H]1O[C@@H](O)[C@H](OC(C)=O)[C@@H](OC(C)=O)[C@@H]1O[C@H]1O[C@H](COC(C)=O)[C@@H](O[C@H]2O[C@H](COC(C)=O)[C@@H](O[C@H]3O[C@H](COC(C)=O)[C@@H](O[C@H]4O[C@H](COC(C)=O)[C@@H](O[C@H]5O[C@H](COC(C)=O)[C@@H](O[C@H]6O[C@H](COC(C)=O)[C@@H](OC(C)=O)[C@H](OC(C)=O)[C@H]6OC(C)=O)[C@H](OC(C)=O)[C@H]5OC(C)=O)[C@H](OC(C)=O)[C@H]4OC(C)=O)[C@H](OC(C)=O)[C@H]3OC(C)=O)[C@@H](OC(C)=O)[C@H]2OC(C)=O)[C@H](OC(C)=O)[C@H]1OC(C)=O. The zero-order valence-corrected chi connectivity index (χ0v) is 81.9. The highest BCUT2D eigenvalue weighted by atomic mass is 16.8. The Bertz CT molecular complexity index is 4520. The van der Waals surface area contributed by atoms with Crippen molar-refractivity contribution in [2.75, 3.05) is 46.2 Å². The first kappa shape index (κ1) is 119. The van der Waals surface area contributed by atoms with Gasteiger partial charge >= 0.3 is 131 Å². The zero-order valence-electron chi connectivity index (χ0n) is 81.9. The second kappa shape index (κ2) is 54.6. The van der Waals surface area contributed by atoms with Crippen molar-refractivity contribution >= 4 is 131 Å². The van der Waals surface area contributed by atoms with Crippen molar-refractivity contribution in [2.24, 2.45) is 0 Å². The van der Waals surface area contributed by atoms with Crippen molar-refractivity contribution < 1.29 is 276 Å². The Morgan fingerprint density at radius 2 is 0.257 bits per heavy atom. The van der Waals surface area contributed by atoms with Crippen LogP contribution >= 0.6 is 0 Å². The summed E-state index contributed by atoms with van der Waals surface area (Å²) in [5, 5.41) is 11.2. The van der Waals surface area contributed by atoms with E-state index in [1.165, 1.54) is 0 Å². The first-order valence-electron chi connectivity index (χ1n) is 44.1. The van der Waals surface area contributed by atoms with Gasteiger partial charge in [-0.05, 0) is 0 Å². The molecule has 0 saturated carbocycles. The van der Waals surface area contributed by atoms with Crippen molar-refractivity contribution in [1.82, 2.24) is 0 Å². The van der Waals surface area contributed by atoms with E-state index in [0.29, 0.717) is 0 Å². The molecule has 7 saturated heterocycles. The minimum absolute atomic E-state index is 0.775. The maximum atomic E-state index is 14.0. The van der Waals surface area contributed by atoms with Crippen molar-refractivity contribution in [1.29, 1.82) is 0 Å². The van der Waals surface area contributed by atoms with Crippen LogP contribution < -0.4 is 0 Å². The first-order valence-corrected chi connectivity index (χ1v) is 44.1. The molecule has 144 heavy (non-hydrogen) atoms. The molecule has 0 aromatic rings. The summed E-state index contributed by atoms with van der Waals surface area (Å²) >= 11 is 0. The minimum atomic E-state index is -2.50. The molecule has 35 atom stereocenters. The predicted octanol–water partition coefficient (Wildman–Crippen LogP) is -3.72. The van der Waals surface area contributed by atoms with Gasteiger partial charge in [0, 0.05) is 152 Å². The fourth-order valence-electron chi connectivity index (χ4n) is 15.9. The molecule has 0 spiro atoms. The van der Waals surface area contributed by atoms with Gasteiger partial charge in [-0.15, -0.1) is 0 Å². The molecule has 7 heterocycles. The predicted molar refractivity (Wildman–Crippen MR) is 442 cm³/mol. The molecule has 0 amide bonds. The lowest BCUT2D eigenvalue weighted by Crippen LogP contribution is -2.70. The second-order valence-corrected chi connectivity index (χ2v) is 32.7. The van der Waals surface area contributed by atoms with E-state index in [2.05, 4.69) is 0 Å².